The number of hydrogen-bond donors (Lipinski definition) is 0. The summed E-state index contributed by atoms with van der Waals surface area (Å²) < 4.78 is 6.79. The van der Waals surface area contributed by atoms with E-state index in [1.54, 1.807) is 0 Å². The molecule has 7 heteroatoms. The van der Waals surface area contributed by atoms with Gasteiger partial charge in [0.05, 0.1) is 19.3 Å². The number of rotatable bonds is 4. The molecule has 0 aliphatic rings. The van der Waals surface area contributed by atoms with Crippen LogP contribution in [0.5, 0.6) is 0 Å². The van der Waals surface area contributed by atoms with Crippen molar-refractivity contribution in [1.82, 2.24) is 19.7 Å². The molecule has 3 aromatic rings. The molecule has 0 spiro atoms. The van der Waals surface area contributed by atoms with Crippen molar-refractivity contribution in [2.45, 2.75) is 19.9 Å². The number of benzene rings is 1. The lowest BCUT2D eigenvalue weighted by atomic mass is 10.1. The molecule has 112 valence electrons. The maximum atomic E-state index is 9.10. The van der Waals surface area contributed by atoms with Crippen LogP contribution in [0, 0.1) is 29.6 Å². The van der Waals surface area contributed by atoms with Crippen LogP contribution in [0.1, 0.15) is 34.2 Å². The maximum Gasteiger partial charge on any atom is 0.231 e. The Morgan fingerprint density at radius 1 is 1.22 bits per heavy atom. The van der Waals surface area contributed by atoms with Crippen LogP contribution in [0.4, 0.5) is 0 Å². The van der Waals surface area contributed by atoms with Gasteiger partial charge in [-0.05, 0) is 18.1 Å². The number of nitrogens with zero attached hydrogens (tertiary/aromatic N) is 6. The summed E-state index contributed by atoms with van der Waals surface area (Å²) in [6.45, 7) is 2.26. The second-order valence-electron chi connectivity index (χ2n) is 5.00. The van der Waals surface area contributed by atoms with Crippen LogP contribution < -0.4 is 0 Å². The van der Waals surface area contributed by atoms with E-state index in [4.69, 9.17) is 15.0 Å². The highest BCUT2D eigenvalue weighted by atomic mass is 16.5. The van der Waals surface area contributed by atoms with Crippen LogP contribution in [-0.2, 0) is 13.0 Å². The molecule has 2 heterocycles. The molecule has 0 amide bonds. The lowest BCUT2D eigenvalue weighted by molar-refractivity contribution is 0.378. The van der Waals surface area contributed by atoms with Crippen molar-refractivity contribution in [3.63, 3.8) is 0 Å². The Labute approximate surface area is 132 Å². The SMILES string of the molecule is Cc1ccccc1Cc1nc(Cn2cnc(C#N)c2C#N)no1. The number of aromatic nitrogens is 4. The van der Waals surface area contributed by atoms with Crippen LogP contribution in [0.15, 0.2) is 35.1 Å². The molecule has 1 aromatic carbocycles. The topological polar surface area (TPSA) is 104 Å². The summed E-state index contributed by atoms with van der Waals surface area (Å²) in [4.78, 5) is 8.21. The van der Waals surface area contributed by atoms with Gasteiger partial charge in [-0.1, -0.05) is 29.4 Å². The quantitative estimate of drug-likeness (QED) is 0.729. The Morgan fingerprint density at radius 2 is 2.04 bits per heavy atom. The van der Waals surface area contributed by atoms with Gasteiger partial charge in [0.2, 0.25) is 5.89 Å². The van der Waals surface area contributed by atoms with Crippen molar-refractivity contribution >= 4 is 0 Å². The summed E-state index contributed by atoms with van der Waals surface area (Å²) in [6.07, 6.45) is 1.98. The first-order valence-electron chi connectivity index (χ1n) is 6.92. The van der Waals surface area contributed by atoms with E-state index in [0.717, 1.165) is 11.1 Å². The molecule has 0 bridgehead atoms. The van der Waals surface area contributed by atoms with E-state index < -0.39 is 0 Å². The first-order chi connectivity index (χ1) is 11.2. The van der Waals surface area contributed by atoms with Crippen LogP contribution in [-0.4, -0.2) is 19.7 Å². The van der Waals surface area contributed by atoms with E-state index >= 15 is 0 Å². The van der Waals surface area contributed by atoms with Gasteiger partial charge >= 0.3 is 0 Å². The van der Waals surface area contributed by atoms with E-state index in [1.807, 2.05) is 43.3 Å². The van der Waals surface area contributed by atoms with Crippen molar-refractivity contribution < 1.29 is 4.52 Å². The third-order valence-corrected chi connectivity index (χ3v) is 3.47. The van der Waals surface area contributed by atoms with E-state index in [0.29, 0.717) is 18.1 Å². The zero-order valence-electron chi connectivity index (χ0n) is 12.4. The molecule has 0 fully saturated rings. The van der Waals surface area contributed by atoms with Gasteiger partial charge in [0.1, 0.15) is 12.1 Å². The Morgan fingerprint density at radius 3 is 2.78 bits per heavy atom. The molecule has 0 N–H and O–H groups in total. The van der Waals surface area contributed by atoms with Gasteiger partial charge in [0.25, 0.3) is 0 Å². The lowest BCUT2D eigenvalue weighted by Crippen LogP contribution is -2.03. The highest BCUT2D eigenvalue weighted by Crippen LogP contribution is 2.13. The van der Waals surface area contributed by atoms with Gasteiger partial charge in [-0.3, -0.25) is 0 Å². The first kappa shape index (κ1) is 14.5. The molecule has 0 radical (unpaired) electrons. The maximum absolute atomic E-state index is 9.10. The summed E-state index contributed by atoms with van der Waals surface area (Å²) in [5, 5.41) is 21.9. The summed E-state index contributed by atoms with van der Waals surface area (Å²) in [5.41, 5.74) is 2.57. The Hall–Kier alpha value is -3.45. The minimum absolute atomic E-state index is 0.0936. The van der Waals surface area contributed by atoms with Gasteiger partial charge in [0.15, 0.2) is 17.2 Å². The third kappa shape index (κ3) is 2.94. The fourth-order valence-corrected chi connectivity index (χ4v) is 2.25. The highest BCUT2D eigenvalue weighted by molar-refractivity contribution is 5.36. The Bertz CT molecular complexity index is 925. The lowest BCUT2D eigenvalue weighted by Gasteiger charge is -2.00. The summed E-state index contributed by atoms with van der Waals surface area (Å²) in [6, 6.07) is 11.8. The van der Waals surface area contributed by atoms with Crippen LogP contribution in [0.3, 0.4) is 0 Å². The predicted octanol–water partition coefficient (Wildman–Crippen LogP) is 1.96. The number of aryl methyl sites for hydroxylation is 1. The summed E-state index contributed by atoms with van der Waals surface area (Å²) in [7, 11) is 0. The van der Waals surface area contributed by atoms with Crippen molar-refractivity contribution in [1.29, 1.82) is 10.5 Å². The molecule has 0 aliphatic heterocycles. The van der Waals surface area contributed by atoms with E-state index in [1.165, 1.54) is 10.9 Å². The average molecular weight is 304 g/mol. The van der Waals surface area contributed by atoms with E-state index in [9.17, 15) is 0 Å². The van der Waals surface area contributed by atoms with Crippen molar-refractivity contribution in [2.24, 2.45) is 0 Å². The van der Waals surface area contributed by atoms with Crippen molar-refractivity contribution in [2.75, 3.05) is 0 Å². The zero-order valence-corrected chi connectivity index (χ0v) is 12.4. The summed E-state index contributed by atoms with van der Waals surface area (Å²) >= 11 is 0. The number of imidazole rings is 1. The molecular formula is C16H12N6O. The highest BCUT2D eigenvalue weighted by Gasteiger charge is 2.14. The molecule has 23 heavy (non-hydrogen) atoms. The minimum Gasteiger partial charge on any atom is -0.339 e. The zero-order chi connectivity index (χ0) is 16.2. The van der Waals surface area contributed by atoms with E-state index in [-0.39, 0.29) is 17.9 Å². The minimum atomic E-state index is 0.0936. The van der Waals surface area contributed by atoms with E-state index in [2.05, 4.69) is 15.1 Å². The van der Waals surface area contributed by atoms with Gasteiger partial charge < -0.3 is 9.09 Å². The Kier molecular flexibility index (Phi) is 3.86. The molecule has 0 atom stereocenters. The largest absolute Gasteiger partial charge is 0.339 e. The third-order valence-electron chi connectivity index (χ3n) is 3.47. The molecule has 3 rings (SSSR count). The van der Waals surface area contributed by atoms with Gasteiger partial charge in [-0.2, -0.15) is 15.5 Å². The standard InChI is InChI=1S/C16H12N6O/c1-11-4-2-3-5-12(11)6-16-20-15(21-23-16)9-22-10-19-13(7-17)14(22)8-18/h2-5,10H,6,9H2,1H3. The fraction of sp³-hybridized carbons (Fsp3) is 0.188. The Balaban J connectivity index is 1.78. The van der Waals surface area contributed by atoms with Gasteiger partial charge in [-0.25, -0.2) is 4.98 Å². The molecule has 2 aromatic heterocycles. The summed E-state index contributed by atoms with van der Waals surface area (Å²) in [5.74, 6) is 0.945. The molecule has 0 unspecified atom stereocenters. The van der Waals surface area contributed by atoms with Crippen LogP contribution >= 0.6 is 0 Å². The molecule has 7 nitrogen and oxygen atoms in total. The first-order valence-corrected chi connectivity index (χ1v) is 6.92. The van der Waals surface area contributed by atoms with Crippen molar-refractivity contribution in [3.05, 3.63) is 64.8 Å². The fourth-order valence-electron chi connectivity index (χ4n) is 2.25. The van der Waals surface area contributed by atoms with Crippen molar-refractivity contribution in [3.8, 4) is 12.1 Å². The predicted molar refractivity (Wildman–Crippen MR) is 79.0 cm³/mol. The second kappa shape index (κ2) is 6.12. The normalized spacial score (nSPS) is 10.2. The van der Waals surface area contributed by atoms with Crippen LogP contribution in [0.25, 0.3) is 0 Å². The van der Waals surface area contributed by atoms with Gasteiger partial charge in [0, 0.05) is 0 Å². The monoisotopic (exact) mass is 304 g/mol. The number of nitriles is 2. The average Bonchev–Trinajstić information content (AvgIpc) is 3.16. The molecule has 0 saturated carbocycles. The van der Waals surface area contributed by atoms with Gasteiger partial charge in [-0.15, -0.1) is 0 Å². The smallest absolute Gasteiger partial charge is 0.231 e. The molecule has 0 aliphatic carbocycles. The molecular weight excluding hydrogens is 292 g/mol. The van der Waals surface area contributed by atoms with Crippen LogP contribution in [0.2, 0.25) is 0 Å². The molecule has 0 saturated heterocycles. The second-order valence-corrected chi connectivity index (χ2v) is 5.00. The number of hydrogen-bond acceptors (Lipinski definition) is 6.